The first-order chi connectivity index (χ1) is 8.06. The number of anilines is 1. The standard InChI is InChI=1S/C14H21NO2/c1-4-15(10-9-14(16)17)13-8-6-5-7-12(13)11(2)3/h5-8,11H,4,9-10H2,1-3H3,(H,16,17). The molecule has 0 spiro atoms. The highest BCUT2D eigenvalue weighted by Crippen LogP contribution is 2.27. The summed E-state index contributed by atoms with van der Waals surface area (Å²) >= 11 is 0. The van der Waals surface area contributed by atoms with Crippen LogP contribution < -0.4 is 4.90 Å². The monoisotopic (exact) mass is 235 g/mol. The molecule has 0 atom stereocenters. The van der Waals surface area contributed by atoms with Gasteiger partial charge in [0.05, 0.1) is 6.42 Å². The normalized spacial score (nSPS) is 10.6. The van der Waals surface area contributed by atoms with Crippen LogP contribution in [0.15, 0.2) is 24.3 Å². The fourth-order valence-corrected chi connectivity index (χ4v) is 1.94. The minimum Gasteiger partial charge on any atom is -0.481 e. The van der Waals surface area contributed by atoms with Gasteiger partial charge in [-0.05, 0) is 24.5 Å². The minimum absolute atomic E-state index is 0.181. The van der Waals surface area contributed by atoms with E-state index in [1.54, 1.807) is 0 Å². The Bertz CT molecular complexity index is 374. The Balaban J connectivity index is 2.90. The van der Waals surface area contributed by atoms with Crippen LogP contribution in [0.4, 0.5) is 5.69 Å². The van der Waals surface area contributed by atoms with Crippen LogP contribution in [0.25, 0.3) is 0 Å². The third kappa shape index (κ3) is 3.77. The number of para-hydroxylation sites is 1. The van der Waals surface area contributed by atoms with Gasteiger partial charge in [-0.25, -0.2) is 0 Å². The van der Waals surface area contributed by atoms with Crippen molar-refractivity contribution >= 4 is 11.7 Å². The molecule has 0 radical (unpaired) electrons. The molecule has 0 saturated carbocycles. The van der Waals surface area contributed by atoms with Crippen LogP contribution in [0, 0.1) is 0 Å². The van der Waals surface area contributed by atoms with Crippen molar-refractivity contribution in [3.8, 4) is 0 Å². The van der Waals surface area contributed by atoms with Crippen molar-refractivity contribution in [3.63, 3.8) is 0 Å². The zero-order chi connectivity index (χ0) is 12.8. The number of benzene rings is 1. The van der Waals surface area contributed by atoms with E-state index in [0.717, 1.165) is 12.2 Å². The van der Waals surface area contributed by atoms with Crippen LogP contribution in [0.5, 0.6) is 0 Å². The van der Waals surface area contributed by atoms with E-state index in [4.69, 9.17) is 5.11 Å². The Morgan fingerprint density at radius 3 is 2.53 bits per heavy atom. The zero-order valence-corrected chi connectivity index (χ0v) is 10.8. The van der Waals surface area contributed by atoms with Gasteiger partial charge in [-0.2, -0.15) is 0 Å². The quantitative estimate of drug-likeness (QED) is 0.823. The van der Waals surface area contributed by atoms with E-state index in [-0.39, 0.29) is 6.42 Å². The highest BCUT2D eigenvalue weighted by Gasteiger charge is 2.12. The van der Waals surface area contributed by atoms with Gasteiger partial charge in [0.25, 0.3) is 0 Å². The van der Waals surface area contributed by atoms with E-state index in [9.17, 15) is 4.79 Å². The molecule has 0 aliphatic rings. The topological polar surface area (TPSA) is 40.5 Å². The second-order valence-electron chi connectivity index (χ2n) is 4.44. The van der Waals surface area contributed by atoms with Gasteiger partial charge in [0, 0.05) is 18.8 Å². The third-order valence-corrected chi connectivity index (χ3v) is 2.88. The van der Waals surface area contributed by atoms with E-state index < -0.39 is 5.97 Å². The highest BCUT2D eigenvalue weighted by atomic mass is 16.4. The van der Waals surface area contributed by atoms with E-state index in [0.29, 0.717) is 12.5 Å². The predicted molar refractivity (Wildman–Crippen MR) is 70.7 cm³/mol. The number of nitrogens with zero attached hydrogens (tertiary/aromatic N) is 1. The second kappa shape index (κ2) is 6.28. The van der Waals surface area contributed by atoms with Crippen LogP contribution in [0.2, 0.25) is 0 Å². The Hall–Kier alpha value is -1.51. The summed E-state index contributed by atoms with van der Waals surface area (Å²) in [7, 11) is 0. The smallest absolute Gasteiger partial charge is 0.305 e. The van der Waals surface area contributed by atoms with Gasteiger partial charge in [-0.3, -0.25) is 4.79 Å². The molecule has 0 amide bonds. The second-order valence-corrected chi connectivity index (χ2v) is 4.44. The van der Waals surface area contributed by atoms with E-state index >= 15 is 0 Å². The van der Waals surface area contributed by atoms with E-state index in [1.165, 1.54) is 5.56 Å². The van der Waals surface area contributed by atoms with Crippen molar-refractivity contribution in [1.82, 2.24) is 0 Å². The molecule has 3 heteroatoms. The van der Waals surface area contributed by atoms with Crippen molar-refractivity contribution in [3.05, 3.63) is 29.8 Å². The molecule has 0 saturated heterocycles. The maximum Gasteiger partial charge on any atom is 0.305 e. The molecule has 3 nitrogen and oxygen atoms in total. The molecule has 17 heavy (non-hydrogen) atoms. The van der Waals surface area contributed by atoms with Gasteiger partial charge in [0.1, 0.15) is 0 Å². The van der Waals surface area contributed by atoms with Gasteiger partial charge >= 0.3 is 5.97 Å². The van der Waals surface area contributed by atoms with Crippen LogP contribution in [-0.4, -0.2) is 24.2 Å². The van der Waals surface area contributed by atoms with Crippen LogP contribution in [-0.2, 0) is 4.79 Å². The fraction of sp³-hybridized carbons (Fsp3) is 0.500. The number of aliphatic carboxylic acids is 1. The summed E-state index contributed by atoms with van der Waals surface area (Å²) < 4.78 is 0. The van der Waals surface area contributed by atoms with Crippen molar-refractivity contribution < 1.29 is 9.90 Å². The lowest BCUT2D eigenvalue weighted by Crippen LogP contribution is -2.26. The lowest BCUT2D eigenvalue weighted by Gasteiger charge is -2.26. The summed E-state index contributed by atoms with van der Waals surface area (Å²) in [6.07, 6.45) is 0.181. The molecule has 0 unspecified atom stereocenters. The number of hydrogen-bond acceptors (Lipinski definition) is 2. The molecule has 0 aromatic heterocycles. The molecule has 0 bridgehead atoms. The Labute approximate surface area is 103 Å². The average Bonchev–Trinajstić information content (AvgIpc) is 2.30. The van der Waals surface area contributed by atoms with Crippen LogP contribution in [0.1, 0.15) is 38.7 Å². The lowest BCUT2D eigenvalue weighted by molar-refractivity contribution is -0.136. The van der Waals surface area contributed by atoms with E-state index in [1.807, 2.05) is 12.1 Å². The summed E-state index contributed by atoms with van der Waals surface area (Å²) in [5.74, 6) is -0.296. The molecule has 0 heterocycles. The third-order valence-electron chi connectivity index (χ3n) is 2.88. The molecule has 0 aliphatic heterocycles. The van der Waals surface area contributed by atoms with Gasteiger partial charge in [-0.15, -0.1) is 0 Å². The molecular formula is C14H21NO2. The molecule has 0 aliphatic carbocycles. The van der Waals surface area contributed by atoms with Gasteiger partial charge in [-0.1, -0.05) is 32.0 Å². The van der Waals surface area contributed by atoms with Crippen LogP contribution >= 0.6 is 0 Å². The molecule has 1 rings (SSSR count). The number of carboxylic acid groups (broad SMARTS) is 1. The number of rotatable bonds is 6. The average molecular weight is 235 g/mol. The van der Waals surface area contributed by atoms with Crippen molar-refractivity contribution in [2.45, 2.75) is 33.1 Å². The number of carbonyl (C=O) groups is 1. The maximum atomic E-state index is 10.6. The first-order valence-electron chi connectivity index (χ1n) is 6.12. The maximum absolute atomic E-state index is 10.6. The zero-order valence-electron chi connectivity index (χ0n) is 10.8. The molecule has 1 N–H and O–H groups in total. The molecule has 94 valence electrons. The summed E-state index contributed by atoms with van der Waals surface area (Å²) in [5, 5.41) is 8.76. The molecule has 1 aromatic rings. The summed E-state index contributed by atoms with van der Waals surface area (Å²) in [4.78, 5) is 12.8. The molecule has 1 aromatic carbocycles. The van der Waals surface area contributed by atoms with Gasteiger partial charge in [0.15, 0.2) is 0 Å². The van der Waals surface area contributed by atoms with Crippen molar-refractivity contribution in [2.24, 2.45) is 0 Å². The summed E-state index contributed by atoms with van der Waals surface area (Å²) in [6.45, 7) is 7.76. The van der Waals surface area contributed by atoms with Crippen LogP contribution in [0.3, 0.4) is 0 Å². The lowest BCUT2D eigenvalue weighted by atomic mass is 10.0. The predicted octanol–water partition coefficient (Wildman–Crippen LogP) is 3.11. The Morgan fingerprint density at radius 2 is 2.00 bits per heavy atom. The van der Waals surface area contributed by atoms with Gasteiger partial charge in [0.2, 0.25) is 0 Å². The summed E-state index contributed by atoms with van der Waals surface area (Å²) in [6, 6.07) is 8.22. The molecule has 0 fully saturated rings. The fourth-order valence-electron chi connectivity index (χ4n) is 1.94. The minimum atomic E-state index is -0.745. The van der Waals surface area contributed by atoms with E-state index in [2.05, 4.69) is 37.8 Å². The van der Waals surface area contributed by atoms with Crippen molar-refractivity contribution in [2.75, 3.05) is 18.0 Å². The first kappa shape index (κ1) is 13.6. The Morgan fingerprint density at radius 1 is 1.35 bits per heavy atom. The number of hydrogen-bond donors (Lipinski definition) is 1. The first-order valence-corrected chi connectivity index (χ1v) is 6.12. The largest absolute Gasteiger partial charge is 0.481 e. The summed E-state index contributed by atoms with van der Waals surface area (Å²) in [5.41, 5.74) is 2.44. The van der Waals surface area contributed by atoms with Gasteiger partial charge < -0.3 is 10.0 Å². The SMILES string of the molecule is CCN(CCC(=O)O)c1ccccc1C(C)C. The highest BCUT2D eigenvalue weighted by molar-refractivity contribution is 5.68. The molecular weight excluding hydrogens is 214 g/mol. The Kier molecular flexibility index (Phi) is 5.01. The number of carboxylic acids is 1. The van der Waals surface area contributed by atoms with Crippen molar-refractivity contribution in [1.29, 1.82) is 0 Å².